The Morgan fingerprint density at radius 1 is 1.28 bits per heavy atom. The molecule has 4 amide bonds. The maximum atomic E-state index is 14.1. The zero-order valence-corrected chi connectivity index (χ0v) is 19.0. The van der Waals surface area contributed by atoms with Gasteiger partial charge in [0, 0.05) is 18.3 Å². The van der Waals surface area contributed by atoms with Gasteiger partial charge in [-0.05, 0) is 12.3 Å². The van der Waals surface area contributed by atoms with Crippen molar-refractivity contribution < 1.29 is 38.3 Å². The van der Waals surface area contributed by atoms with Gasteiger partial charge in [0.1, 0.15) is 6.10 Å². The number of hydrogen-bond acceptors (Lipinski definition) is 7. The van der Waals surface area contributed by atoms with E-state index >= 15 is 0 Å². The summed E-state index contributed by atoms with van der Waals surface area (Å²) in [6.45, 7) is 4.17. The summed E-state index contributed by atoms with van der Waals surface area (Å²) in [5.74, 6) is -1.82. The smallest absolute Gasteiger partial charge is 0.414 e. The molecule has 0 aromatic carbocycles. The van der Waals surface area contributed by atoms with Crippen molar-refractivity contribution in [2.75, 3.05) is 26.3 Å². The fraction of sp³-hybridized carbons (Fsp3) is 0.818. The van der Waals surface area contributed by atoms with E-state index in [-0.39, 0.29) is 32.0 Å². The van der Waals surface area contributed by atoms with Gasteiger partial charge in [-0.25, -0.2) is 9.86 Å². The zero-order valence-electron chi connectivity index (χ0n) is 19.0. The number of nitrogens with zero attached hydrogens (tertiary/aromatic N) is 2. The minimum absolute atomic E-state index is 0.0829. The van der Waals surface area contributed by atoms with Gasteiger partial charge in [0.15, 0.2) is 6.04 Å². The molecule has 3 fully saturated rings. The van der Waals surface area contributed by atoms with Gasteiger partial charge in [-0.1, -0.05) is 39.5 Å². The van der Waals surface area contributed by atoms with Gasteiger partial charge in [0.05, 0.1) is 32.2 Å². The number of likely N-dealkylation sites (tertiary alicyclic amines) is 1. The molecule has 0 bridgehead atoms. The SMILES string of the molecule is CC1(C)CC[N+](C(=O)O[C@H]2CCOC2)(C(=O)[C@H](CC2CCCC2)CN(O)C=O)[C@@H]1C(N)=O. The molecule has 2 saturated heterocycles. The van der Waals surface area contributed by atoms with Crippen LogP contribution < -0.4 is 5.73 Å². The van der Waals surface area contributed by atoms with Crippen LogP contribution in [0, 0.1) is 17.3 Å². The number of ether oxygens (including phenoxy) is 2. The molecule has 4 atom stereocenters. The van der Waals surface area contributed by atoms with Crippen LogP contribution in [-0.2, 0) is 23.9 Å². The summed E-state index contributed by atoms with van der Waals surface area (Å²) < 4.78 is 10.1. The summed E-state index contributed by atoms with van der Waals surface area (Å²) in [6, 6.07) is -1.10. The Hall–Kier alpha value is -2.04. The first-order valence-electron chi connectivity index (χ1n) is 11.5. The molecule has 3 rings (SSSR count). The molecular weight excluding hydrogens is 418 g/mol. The lowest BCUT2D eigenvalue weighted by Gasteiger charge is -2.38. The molecular formula is C22H36N3O7+. The van der Waals surface area contributed by atoms with Crippen LogP contribution in [0.25, 0.3) is 0 Å². The third kappa shape index (κ3) is 4.82. The summed E-state index contributed by atoms with van der Waals surface area (Å²) in [4.78, 5) is 51.4. The number of quaternary nitrogens is 1. The highest BCUT2D eigenvalue weighted by molar-refractivity contribution is 5.90. The molecule has 0 aromatic heterocycles. The Labute approximate surface area is 188 Å². The monoisotopic (exact) mass is 454 g/mol. The molecule has 0 aromatic rings. The fourth-order valence-corrected chi connectivity index (χ4v) is 5.79. The Bertz CT molecular complexity index is 731. The Kier molecular flexibility index (Phi) is 7.57. The van der Waals surface area contributed by atoms with Crippen LogP contribution in [0.4, 0.5) is 4.79 Å². The average Bonchev–Trinajstić information content (AvgIpc) is 3.47. The first-order valence-corrected chi connectivity index (χ1v) is 11.5. The van der Waals surface area contributed by atoms with Crippen molar-refractivity contribution >= 4 is 24.3 Å². The van der Waals surface area contributed by atoms with Gasteiger partial charge in [0.2, 0.25) is 6.41 Å². The summed E-state index contributed by atoms with van der Waals surface area (Å²) >= 11 is 0. The first-order chi connectivity index (χ1) is 15.1. The van der Waals surface area contributed by atoms with E-state index in [4.69, 9.17) is 15.2 Å². The predicted octanol–water partition coefficient (Wildman–Crippen LogP) is 1.58. The minimum Gasteiger partial charge on any atom is -0.414 e. The van der Waals surface area contributed by atoms with E-state index in [0.717, 1.165) is 25.7 Å². The number of carbonyl (C=O) groups is 4. The van der Waals surface area contributed by atoms with E-state index in [1.807, 2.05) is 13.8 Å². The quantitative estimate of drug-likeness (QED) is 0.246. The third-order valence-corrected chi connectivity index (χ3v) is 7.40. The van der Waals surface area contributed by atoms with Crippen molar-refractivity contribution in [2.24, 2.45) is 23.0 Å². The largest absolute Gasteiger partial charge is 0.524 e. The van der Waals surface area contributed by atoms with Gasteiger partial charge >= 0.3 is 12.0 Å². The summed E-state index contributed by atoms with van der Waals surface area (Å²) in [5, 5.41) is 10.3. The van der Waals surface area contributed by atoms with Gasteiger partial charge < -0.3 is 15.2 Å². The van der Waals surface area contributed by atoms with Crippen LogP contribution in [-0.4, -0.2) is 77.5 Å². The highest BCUT2D eigenvalue weighted by atomic mass is 16.6. The van der Waals surface area contributed by atoms with Crippen LogP contribution in [0.15, 0.2) is 0 Å². The van der Waals surface area contributed by atoms with Crippen LogP contribution in [0.5, 0.6) is 0 Å². The van der Waals surface area contributed by atoms with Crippen molar-refractivity contribution in [1.82, 2.24) is 5.06 Å². The van der Waals surface area contributed by atoms with Gasteiger partial charge in [-0.3, -0.25) is 14.8 Å². The van der Waals surface area contributed by atoms with Crippen LogP contribution in [0.1, 0.15) is 58.8 Å². The zero-order chi connectivity index (χ0) is 23.5. The van der Waals surface area contributed by atoms with Crippen molar-refractivity contribution in [1.29, 1.82) is 0 Å². The average molecular weight is 455 g/mol. The van der Waals surface area contributed by atoms with Crippen molar-refractivity contribution in [3.8, 4) is 0 Å². The van der Waals surface area contributed by atoms with Crippen molar-refractivity contribution in [2.45, 2.75) is 70.9 Å². The summed E-state index contributed by atoms with van der Waals surface area (Å²) in [7, 11) is 0. The van der Waals surface area contributed by atoms with Crippen molar-refractivity contribution in [3.05, 3.63) is 0 Å². The highest BCUT2D eigenvalue weighted by Gasteiger charge is 2.67. The fourth-order valence-electron chi connectivity index (χ4n) is 5.79. The minimum atomic E-state index is -1.10. The number of imide groups is 1. The maximum Gasteiger partial charge on any atom is 0.524 e. The van der Waals surface area contributed by atoms with E-state index in [2.05, 4.69) is 0 Å². The normalized spacial score (nSPS) is 30.7. The van der Waals surface area contributed by atoms with E-state index in [9.17, 15) is 24.4 Å². The number of hydrogen-bond donors (Lipinski definition) is 2. The Balaban J connectivity index is 1.98. The van der Waals surface area contributed by atoms with E-state index in [1.165, 1.54) is 0 Å². The van der Waals surface area contributed by atoms with Crippen LogP contribution in [0.2, 0.25) is 0 Å². The molecule has 1 unspecified atom stereocenters. The van der Waals surface area contributed by atoms with E-state index < -0.39 is 45.9 Å². The molecule has 10 heteroatoms. The third-order valence-electron chi connectivity index (χ3n) is 7.40. The van der Waals surface area contributed by atoms with Gasteiger partial charge in [-0.2, -0.15) is 4.79 Å². The standard InChI is InChI=1S/C22H35N3O7/c1-22(2)8-9-25(18(22)19(23)27,21(29)32-17-7-10-31-13-17)20(28)16(12-24(30)14-26)11-15-5-3-4-6-15/h14-18,30H,3-13H2,1-2H3,(H-,23,27)/p+1/t16-,17+,18-,25?/m1/s1. The lowest BCUT2D eigenvalue weighted by atomic mass is 9.83. The molecule has 1 aliphatic carbocycles. The molecule has 3 N–H and O–H groups in total. The Morgan fingerprint density at radius 3 is 2.53 bits per heavy atom. The number of primary amides is 1. The maximum absolute atomic E-state index is 14.1. The topological polar surface area (TPSA) is 136 Å². The number of hydroxylamine groups is 2. The molecule has 3 aliphatic rings. The Morgan fingerprint density at radius 2 is 1.97 bits per heavy atom. The molecule has 2 heterocycles. The summed E-state index contributed by atoms with van der Waals surface area (Å²) in [5.41, 5.74) is 5.07. The molecule has 32 heavy (non-hydrogen) atoms. The molecule has 0 spiro atoms. The van der Waals surface area contributed by atoms with Gasteiger partial charge in [0.25, 0.3) is 5.91 Å². The molecule has 0 radical (unpaired) electrons. The van der Waals surface area contributed by atoms with E-state index in [1.54, 1.807) is 0 Å². The molecule has 2 aliphatic heterocycles. The lowest BCUT2D eigenvalue weighted by molar-refractivity contribution is -0.791. The second kappa shape index (κ2) is 9.84. The van der Waals surface area contributed by atoms with Crippen molar-refractivity contribution in [3.63, 3.8) is 0 Å². The van der Waals surface area contributed by atoms with Crippen LogP contribution >= 0.6 is 0 Å². The van der Waals surface area contributed by atoms with Crippen LogP contribution in [0.3, 0.4) is 0 Å². The molecule has 10 nitrogen and oxygen atoms in total. The number of rotatable bonds is 8. The molecule has 1 saturated carbocycles. The number of carbonyl (C=O) groups excluding carboxylic acids is 4. The van der Waals surface area contributed by atoms with E-state index in [0.29, 0.717) is 30.9 Å². The highest BCUT2D eigenvalue weighted by Crippen LogP contribution is 2.45. The summed E-state index contributed by atoms with van der Waals surface area (Å²) in [6.07, 6.45) is 4.34. The second-order valence-corrected chi connectivity index (χ2v) is 10.2. The predicted molar refractivity (Wildman–Crippen MR) is 112 cm³/mol. The first kappa shape index (κ1) is 24.6. The molecule has 180 valence electrons. The lowest BCUT2D eigenvalue weighted by Crippen LogP contribution is -2.68. The van der Waals surface area contributed by atoms with Gasteiger partial charge in [-0.15, -0.1) is 4.48 Å². The number of amides is 4. The second-order valence-electron chi connectivity index (χ2n) is 10.2. The number of nitrogens with two attached hydrogens (primary N) is 1.